The van der Waals surface area contributed by atoms with Gasteiger partial charge in [0.2, 0.25) is 5.96 Å². The van der Waals surface area contributed by atoms with E-state index in [2.05, 4.69) is 37.3 Å². The minimum atomic E-state index is 0.449. The van der Waals surface area contributed by atoms with E-state index in [1.165, 1.54) is 21.9 Å². The molecule has 0 atom stereocenters. The van der Waals surface area contributed by atoms with Crippen molar-refractivity contribution in [3.63, 3.8) is 0 Å². The SMILES string of the molecule is CCCCOc1ccc(N(C)C(=N)N(C)c2ccc3cccc4c3c2CC4)cc1. The van der Waals surface area contributed by atoms with Crippen molar-refractivity contribution in [2.24, 2.45) is 0 Å². The van der Waals surface area contributed by atoms with Gasteiger partial charge in [-0.1, -0.05) is 37.6 Å². The molecule has 3 aromatic rings. The Hall–Kier alpha value is -3.01. The van der Waals surface area contributed by atoms with Crippen LogP contribution in [-0.4, -0.2) is 26.7 Å². The van der Waals surface area contributed by atoms with Gasteiger partial charge in [0.05, 0.1) is 6.61 Å². The van der Waals surface area contributed by atoms with Crippen molar-refractivity contribution in [2.45, 2.75) is 32.6 Å². The molecule has 0 saturated carbocycles. The van der Waals surface area contributed by atoms with E-state index in [1.807, 2.05) is 48.2 Å². The number of nitrogens with one attached hydrogen (secondary N) is 1. The minimum Gasteiger partial charge on any atom is -0.494 e. The van der Waals surface area contributed by atoms with Crippen LogP contribution in [0.3, 0.4) is 0 Å². The van der Waals surface area contributed by atoms with Crippen molar-refractivity contribution in [2.75, 3.05) is 30.5 Å². The molecule has 4 nitrogen and oxygen atoms in total. The lowest BCUT2D eigenvalue weighted by molar-refractivity contribution is 0.309. The van der Waals surface area contributed by atoms with E-state index < -0.39 is 0 Å². The van der Waals surface area contributed by atoms with Crippen LogP contribution in [0.1, 0.15) is 30.9 Å². The summed E-state index contributed by atoms with van der Waals surface area (Å²) in [7, 11) is 3.93. The summed E-state index contributed by atoms with van der Waals surface area (Å²) in [5.41, 5.74) is 4.88. The fraction of sp³-hybridized carbons (Fsp3) is 0.320. The fourth-order valence-electron chi connectivity index (χ4n) is 4.12. The normalized spacial score (nSPS) is 12.2. The van der Waals surface area contributed by atoms with E-state index in [1.54, 1.807) is 0 Å². The Balaban J connectivity index is 1.53. The predicted octanol–water partition coefficient (Wildman–Crippen LogP) is 5.62. The standard InChI is InChI=1S/C25H29N3O/c1-4-5-17-29-21-13-11-20(12-14-21)27(2)25(26)28(3)23-16-10-19-8-6-7-18-9-15-22(23)24(18)19/h6-8,10-14,16,26H,4-5,9,15,17H2,1-3H3. The zero-order valence-electron chi connectivity index (χ0n) is 17.5. The summed E-state index contributed by atoms with van der Waals surface area (Å²) in [5.74, 6) is 1.33. The zero-order valence-corrected chi connectivity index (χ0v) is 17.5. The first-order chi connectivity index (χ1) is 14.1. The highest BCUT2D eigenvalue weighted by molar-refractivity contribution is 6.07. The minimum absolute atomic E-state index is 0.449. The molecule has 4 rings (SSSR count). The van der Waals surface area contributed by atoms with Gasteiger partial charge in [0.25, 0.3) is 0 Å². The number of hydrogen-bond acceptors (Lipinski definition) is 2. The third-order valence-electron chi connectivity index (χ3n) is 5.85. The van der Waals surface area contributed by atoms with Gasteiger partial charge in [0, 0.05) is 25.5 Å². The number of aryl methyl sites for hydroxylation is 2. The van der Waals surface area contributed by atoms with E-state index in [-0.39, 0.29) is 0 Å². The van der Waals surface area contributed by atoms with Crippen LogP contribution in [0.5, 0.6) is 5.75 Å². The second-order valence-electron chi connectivity index (χ2n) is 7.72. The van der Waals surface area contributed by atoms with Crippen LogP contribution in [0.4, 0.5) is 11.4 Å². The molecule has 1 N–H and O–H groups in total. The maximum absolute atomic E-state index is 8.78. The van der Waals surface area contributed by atoms with Gasteiger partial charge in [-0.2, -0.15) is 0 Å². The van der Waals surface area contributed by atoms with Crippen molar-refractivity contribution >= 4 is 28.1 Å². The monoisotopic (exact) mass is 387 g/mol. The molecule has 0 bridgehead atoms. The first-order valence-electron chi connectivity index (χ1n) is 10.4. The Morgan fingerprint density at radius 3 is 2.52 bits per heavy atom. The van der Waals surface area contributed by atoms with Gasteiger partial charge in [-0.3, -0.25) is 5.41 Å². The fourth-order valence-corrected chi connectivity index (χ4v) is 4.12. The molecule has 0 fully saturated rings. The van der Waals surface area contributed by atoms with Crippen LogP contribution in [-0.2, 0) is 12.8 Å². The van der Waals surface area contributed by atoms with Crippen LogP contribution >= 0.6 is 0 Å². The van der Waals surface area contributed by atoms with Crippen molar-refractivity contribution in [3.8, 4) is 5.75 Å². The molecule has 4 heteroatoms. The first-order valence-corrected chi connectivity index (χ1v) is 10.4. The highest BCUT2D eigenvalue weighted by Gasteiger charge is 2.22. The number of benzene rings is 3. The molecule has 29 heavy (non-hydrogen) atoms. The average Bonchev–Trinajstić information content (AvgIpc) is 3.19. The molecular weight excluding hydrogens is 358 g/mol. The van der Waals surface area contributed by atoms with Crippen molar-refractivity contribution in [1.82, 2.24) is 0 Å². The largest absolute Gasteiger partial charge is 0.494 e. The molecule has 1 aliphatic carbocycles. The second kappa shape index (κ2) is 8.16. The number of hydrogen-bond donors (Lipinski definition) is 1. The van der Waals surface area contributed by atoms with E-state index in [0.717, 1.165) is 49.4 Å². The van der Waals surface area contributed by atoms with Gasteiger partial charge in [0.15, 0.2) is 0 Å². The lowest BCUT2D eigenvalue weighted by Crippen LogP contribution is -2.40. The van der Waals surface area contributed by atoms with Crippen molar-refractivity contribution in [3.05, 3.63) is 65.7 Å². The predicted molar refractivity (Wildman–Crippen MR) is 123 cm³/mol. The zero-order chi connectivity index (χ0) is 20.4. The Kier molecular flexibility index (Phi) is 5.43. The number of unbranched alkanes of at least 4 members (excludes halogenated alkanes) is 1. The lowest BCUT2D eigenvalue weighted by Gasteiger charge is -2.29. The van der Waals surface area contributed by atoms with Crippen molar-refractivity contribution in [1.29, 1.82) is 5.41 Å². The molecule has 0 aliphatic heterocycles. The summed E-state index contributed by atoms with van der Waals surface area (Å²) in [5, 5.41) is 11.5. The molecule has 0 radical (unpaired) electrons. The van der Waals surface area contributed by atoms with Gasteiger partial charge in [-0.05, 0) is 71.5 Å². The summed E-state index contributed by atoms with van der Waals surface area (Å²) < 4.78 is 5.75. The summed E-state index contributed by atoms with van der Waals surface area (Å²) in [6, 6.07) is 18.9. The van der Waals surface area contributed by atoms with E-state index in [9.17, 15) is 0 Å². The molecule has 3 aromatic carbocycles. The number of guanidine groups is 1. The summed E-state index contributed by atoms with van der Waals surface area (Å²) >= 11 is 0. The van der Waals surface area contributed by atoms with E-state index >= 15 is 0 Å². The molecule has 0 aromatic heterocycles. The maximum Gasteiger partial charge on any atom is 0.202 e. The van der Waals surface area contributed by atoms with Gasteiger partial charge in [0.1, 0.15) is 5.75 Å². The van der Waals surface area contributed by atoms with Crippen LogP contribution in [0, 0.1) is 5.41 Å². The Morgan fingerprint density at radius 1 is 0.966 bits per heavy atom. The summed E-state index contributed by atoms with van der Waals surface area (Å²) in [6.45, 7) is 2.91. The van der Waals surface area contributed by atoms with Gasteiger partial charge in [-0.25, -0.2) is 0 Å². The number of rotatable bonds is 6. The Labute approximate surface area is 173 Å². The Morgan fingerprint density at radius 2 is 1.76 bits per heavy atom. The van der Waals surface area contributed by atoms with E-state index in [0.29, 0.717) is 5.96 Å². The van der Waals surface area contributed by atoms with Gasteiger partial charge in [-0.15, -0.1) is 0 Å². The number of anilines is 2. The topological polar surface area (TPSA) is 39.6 Å². The van der Waals surface area contributed by atoms with Crippen LogP contribution in [0.15, 0.2) is 54.6 Å². The third kappa shape index (κ3) is 3.67. The number of nitrogens with zero attached hydrogens (tertiary/aromatic N) is 2. The third-order valence-corrected chi connectivity index (χ3v) is 5.85. The van der Waals surface area contributed by atoms with Gasteiger partial charge >= 0.3 is 0 Å². The molecule has 1 aliphatic rings. The second-order valence-corrected chi connectivity index (χ2v) is 7.72. The Bertz CT molecular complexity index is 1030. The summed E-state index contributed by atoms with van der Waals surface area (Å²) in [4.78, 5) is 3.90. The maximum atomic E-state index is 8.78. The van der Waals surface area contributed by atoms with Crippen LogP contribution in [0.25, 0.3) is 10.8 Å². The number of ether oxygens (including phenoxy) is 1. The quantitative estimate of drug-likeness (QED) is 0.339. The molecule has 0 amide bonds. The molecule has 0 saturated heterocycles. The lowest BCUT2D eigenvalue weighted by atomic mass is 10.0. The van der Waals surface area contributed by atoms with Crippen molar-refractivity contribution < 1.29 is 4.74 Å². The summed E-state index contributed by atoms with van der Waals surface area (Å²) in [6.07, 6.45) is 4.31. The molecule has 150 valence electrons. The molecular formula is C25H29N3O. The van der Waals surface area contributed by atoms with Gasteiger partial charge < -0.3 is 14.5 Å². The average molecular weight is 388 g/mol. The van der Waals surface area contributed by atoms with Crippen LogP contribution in [0.2, 0.25) is 0 Å². The first kappa shape index (κ1) is 19.3. The molecule has 0 heterocycles. The van der Waals surface area contributed by atoms with Crippen LogP contribution < -0.4 is 14.5 Å². The highest BCUT2D eigenvalue weighted by atomic mass is 16.5. The highest BCUT2D eigenvalue weighted by Crippen LogP contribution is 2.37. The smallest absolute Gasteiger partial charge is 0.202 e. The van der Waals surface area contributed by atoms with E-state index in [4.69, 9.17) is 10.1 Å². The molecule has 0 unspecified atom stereocenters. The molecule has 0 spiro atoms.